The molecule has 1 N–H and O–H groups in total. The Morgan fingerprint density at radius 3 is 2.30 bits per heavy atom. The standard InChI is InChI=1S/C22H28N2O3/c1-4-5-14-26-20-10-6-18(7-11-20)15-23-24-22(25)16-27-21-12-8-19(9-13-21)17(2)3/h6-13,15,17H,4-5,14,16H2,1-3H3,(H,24,25)/b23-15+. The van der Waals surface area contributed by atoms with Crippen molar-refractivity contribution in [2.45, 2.75) is 39.5 Å². The molecule has 0 aliphatic heterocycles. The minimum absolute atomic E-state index is 0.0808. The number of benzene rings is 2. The number of amides is 1. The van der Waals surface area contributed by atoms with Crippen LogP contribution in [0.15, 0.2) is 53.6 Å². The van der Waals surface area contributed by atoms with E-state index in [0.29, 0.717) is 11.7 Å². The number of carbonyl (C=O) groups is 1. The summed E-state index contributed by atoms with van der Waals surface area (Å²) in [5.41, 5.74) is 4.57. The monoisotopic (exact) mass is 368 g/mol. The second kappa shape index (κ2) is 11.0. The van der Waals surface area contributed by atoms with E-state index in [1.54, 1.807) is 6.21 Å². The summed E-state index contributed by atoms with van der Waals surface area (Å²) in [6.45, 7) is 7.04. The smallest absolute Gasteiger partial charge is 0.277 e. The fraction of sp³-hybridized carbons (Fsp3) is 0.364. The molecular formula is C22H28N2O3. The highest BCUT2D eigenvalue weighted by Gasteiger charge is 2.03. The molecular weight excluding hydrogens is 340 g/mol. The molecule has 0 heterocycles. The van der Waals surface area contributed by atoms with Crippen molar-refractivity contribution in [3.63, 3.8) is 0 Å². The predicted octanol–water partition coefficient (Wildman–Crippen LogP) is 4.52. The molecule has 0 saturated heterocycles. The van der Waals surface area contributed by atoms with Crippen LogP contribution >= 0.6 is 0 Å². The summed E-state index contributed by atoms with van der Waals surface area (Å²) in [7, 11) is 0. The number of hydrazone groups is 1. The summed E-state index contributed by atoms with van der Waals surface area (Å²) >= 11 is 0. The topological polar surface area (TPSA) is 59.9 Å². The highest BCUT2D eigenvalue weighted by Crippen LogP contribution is 2.18. The van der Waals surface area contributed by atoms with Crippen molar-refractivity contribution in [1.29, 1.82) is 0 Å². The molecule has 0 aromatic heterocycles. The van der Waals surface area contributed by atoms with Crippen LogP contribution in [0.4, 0.5) is 0 Å². The van der Waals surface area contributed by atoms with Gasteiger partial charge in [0.15, 0.2) is 6.61 Å². The summed E-state index contributed by atoms with van der Waals surface area (Å²) in [4.78, 5) is 11.8. The van der Waals surface area contributed by atoms with Crippen molar-refractivity contribution in [1.82, 2.24) is 5.43 Å². The maximum Gasteiger partial charge on any atom is 0.277 e. The van der Waals surface area contributed by atoms with Crippen LogP contribution in [0, 0.1) is 0 Å². The van der Waals surface area contributed by atoms with Gasteiger partial charge in [-0.2, -0.15) is 5.10 Å². The van der Waals surface area contributed by atoms with Gasteiger partial charge in [-0.3, -0.25) is 4.79 Å². The molecule has 0 radical (unpaired) electrons. The number of hydrogen-bond acceptors (Lipinski definition) is 4. The number of unbranched alkanes of at least 4 members (excludes halogenated alkanes) is 1. The van der Waals surface area contributed by atoms with Gasteiger partial charge in [0.05, 0.1) is 12.8 Å². The van der Waals surface area contributed by atoms with Crippen LogP contribution in [-0.4, -0.2) is 25.3 Å². The summed E-state index contributed by atoms with van der Waals surface area (Å²) in [6.07, 6.45) is 3.74. The molecule has 0 atom stereocenters. The van der Waals surface area contributed by atoms with Crippen molar-refractivity contribution >= 4 is 12.1 Å². The van der Waals surface area contributed by atoms with Crippen LogP contribution in [-0.2, 0) is 4.79 Å². The van der Waals surface area contributed by atoms with Crippen LogP contribution < -0.4 is 14.9 Å². The number of nitrogens with one attached hydrogen (secondary N) is 1. The van der Waals surface area contributed by atoms with Gasteiger partial charge in [0.25, 0.3) is 5.91 Å². The fourth-order valence-electron chi connectivity index (χ4n) is 2.29. The minimum atomic E-state index is -0.307. The van der Waals surface area contributed by atoms with Gasteiger partial charge in [-0.15, -0.1) is 0 Å². The molecule has 1 amide bonds. The van der Waals surface area contributed by atoms with E-state index >= 15 is 0 Å². The Balaban J connectivity index is 1.72. The number of nitrogens with zero attached hydrogens (tertiary/aromatic N) is 1. The van der Waals surface area contributed by atoms with Crippen LogP contribution in [0.3, 0.4) is 0 Å². The Morgan fingerprint density at radius 1 is 1.04 bits per heavy atom. The SMILES string of the molecule is CCCCOc1ccc(/C=N/NC(=O)COc2ccc(C(C)C)cc2)cc1. The van der Waals surface area contributed by atoms with Crippen molar-refractivity contribution in [3.05, 3.63) is 59.7 Å². The van der Waals surface area contributed by atoms with Gasteiger partial charge < -0.3 is 9.47 Å². The largest absolute Gasteiger partial charge is 0.494 e. The Morgan fingerprint density at radius 2 is 1.67 bits per heavy atom. The van der Waals surface area contributed by atoms with Crippen molar-refractivity contribution in [3.8, 4) is 11.5 Å². The lowest BCUT2D eigenvalue weighted by Gasteiger charge is -2.08. The molecule has 5 heteroatoms. The van der Waals surface area contributed by atoms with Crippen molar-refractivity contribution in [2.75, 3.05) is 13.2 Å². The van der Waals surface area contributed by atoms with E-state index in [1.165, 1.54) is 5.56 Å². The van der Waals surface area contributed by atoms with E-state index in [-0.39, 0.29) is 12.5 Å². The van der Waals surface area contributed by atoms with E-state index in [2.05, 4.69) is 31.3 Å². The average Bonchev–Trinajstić information content (AvgIpc) is 2.68. The average molecular weight is 368 g/mol. The van der Waals surface area contributed by atoms with Gasteiger partial charge in [-0.1, -0.05) is 39.3 Å². The maximum atomic E-state index is 11.8. The first-order valence-corrected chi connectivity index (χ1v) is 9.36. The van der Waals surface area contributed by atoms with Gasteiger partial charge in [0.1, 0.15) is 11.5 Å². The quantitative estimate of drug-likeness (QED) is 0.381. The molecule has 5 nitrogen and oxygen atoms in total. The normalized spacial score (nSPS) is 11.0. The molecule has 0 aliphatic rings. The summed E-state index contributed by atoms with van der Waals surface area (Å²) in [5.74, 6) is 1.66. The Kier molecular flexibility index (Phi) is 8.36. The molecule has 2 aromatic rings. The second-order valence-electron chi connectivity index (χ2n) is 6.58. The van der Waals surface area contributed by atoms with E-state index in [4.69, 9.17) is 9.47 Å². The minimum Gasteiger partial charge on any atom is -0.494 e. The first kappa shape index (κ1) is 20.5. The summed E-state index contributed by atoms with van der Waals surface area (Å²) in [6, 6.07) is 15.3. The van der Waals surface area contributed by atoms with E-state index < -0.39 is 0 Å². The third-order valence-electron chi connectivity index (χ3n) is 3.97. The first-order valence-electron chi connectivity index (χ1n) is 9.36. The zero-order chi connectivity index (χ0) is 19.5. The van der Waals surface area contributed by atoms with Crippen molar-refractivity contribution in [2.24, 2.45) is 5.10 Å². The molecule has 0 saturated carbocycles. The molecule has 0 aliphatic carbocycles. The van der Waals surface area contributed by atoms with Crippen LogP contribution in [0.2, 0.25) is 0 Å². The number of carbonyl (C=O) groups excluding carboxylic acids is 1. The van der Waals surface area contributed by atoms with Gasteiger partial charge >= 0.3 is 0 Å². The summed E-state index contributed by atoms with van der Waals surface area (Å²) < 4.78 is 11.1. The highest BCUT2D eigenvalue weighted by atomic mass is 16.5. The zero-order valence-corrected chi connectivity index (χ0v) is 16.3. The maximum absolute atomic E-state index is 11.8. The van der Waals surface area contributed by atoms with Gasteiger partial charge in [-0.05, 0) is 59.9 Å². The number of rotatable bonds is 10. The molecule has 0 bridgehead atoms. The molecule has 0 spiro atoms. The highest BCUT2D eigenvalue weighted by molar-refractivity contribution is 5.83. The Bertz CT molecular complexity index is 722. The molecule has 144 valence electrons. The molecule has 2 rings (SSSR count). The number of hydrogen-bond donors (Lipinski definition) is 1. The van der Waals surface area contributed by atoms with E-state index in [0.717, 1.165) is 30.8 Å². The van der Waals surface area contributed by atoms with Crippen molar-refractivity contribution < 1.29 is 14.3 Å². The third-order valence-corrected chi connectivity index (χ3v) is 3.97. The lowest BCUT2D eigenvalue weighted by molar-refractivity contribution is -0.123. The van der Waals surface area contributed by atoms with Gasteiger partial charge in [-0.25, -0.2) is 5.43 Å². The lowest BCUT2D eigenvalue weighted by atomic mass is 10.0. The van der Waals surface area contributed by atoms with E-state index in [1.807, 2.05) is 48.5 Å². The first-order chi connectivity index (χ1) is 13.1. The van der Waals surface area contributed by atoms with Gasteiger partial charge in [0.2, 0.25) is 0 Å². The lowest BCUT2D eigenvalue weighted by Crippen LogP contribution is -2.24. The summed E-state index contributed by atoms with van der Waals surface area (Å²) in [5, 5.41) is 3.95. The second-order valence-corrected chi connectivity index (χ2v) is 6.58. The van der Waals surface area contributed by atoms with Crippen LogP contribution in [0.25, 0.3) is 0 Å². The number of ether oxygens (including phenoxy) is 2. The van der Waals surface area contributed by atoms with Crippen LogP contribution in [0.5, 0.6) is 11.5 Å². The predicted molar refractivity (Wildman–Crippen MR) is 109 cm³/mol. The zero-order valence-electron chi connectivity index (χ0n) is 16.3. The molecule has 0 fully saturated rings. The fourth-order valence-corrected chi connectivity index (χ4v) is 2.29. The Hall–Kier alpha value is -2.82. The third kappa shape index (κ3) is 7.52. The Labute approximate surface area is 161 Å². The molecule has 2 aromatic carbocycles. The van der Waals surface area contributed by atoms with Crippen LogP contribution in [0.1, 0.15) is 50.7 Å². The van der Waals surface area contributed by atoms with E-state index in [9.17, 15) is 4.79 Å². The molecule has 27 heavy (non-hydrogen) atoms. The van der Waals surface area contributed by atoms with Gasteiger partial charge in [0, 0.05) is 0 Å². The molecule has 0 unspecified atom stereocenters.